The van der Waals surface area contributed by atoms with Gasteiger partial charge in [0.05, 0.1) is 11.9 Å². The molecule has 0 aliphatic carbocycles. The predicted octanol–water partition coefficient (Wildman–Crippen LogP) is 0.879. The van der Waals surface area contributed by atoms with E-state index in [0.717, 1.165) is 16.1 Å². The molecule has 0 unspecified atom stereocenters. The molecule has 0 saturated heterocycles. The Morgan fingerprint density at radius 1 is 1.50 bits per heavy atom. The molecule has 0 saturated carbocycles. The number of nitrogens with zero attached hydrogens (tertiary/aromatic N) is 3. The summed E-state index contributed by atoms with van der Waals surface area (Å²) in [6, 6.07) is 3.64. The number of hydroxylamine groups is 1. The zero-order valence-electron chi connectivity index (χ0n) is 6.34. The summed E-state index contributed by atoms with van der Waals surface area (Å²) in [5.41, 5.74) is 1.49. The minimum atomic E-state index is 0.274. The van der Waals surface area contributed by atoms with Gasteiger partial charge in [0.25, 0.3) is 0 Å². The van der Waals surface area contributed by atoms with Crippen LogP contribution >= 0.6 is 0 Å². The molecule has 1 aromatic rings. The van der Waals surface area contributed by atoms with E-state index >= 15 is 0 Å². The molecule has 12 heavy (non-hydrogen) atoms. The number of aromatic nitrogens is 1. The van der Waals surface area contributed by atoms with Crippen LogP contribution in [-0.2, 0) is 6.54 Å². The highest BCUT2D eigenvalue weighted by Gasteiger charge is 2.07. The van der Waals surface area contributed by atoms with Crippen molar-refractivity contribution < 1.29 is 4.74 Å². The monoisotopic (exact) mass is 161 g/mol. The summed E-state index contributed by atoms with van der Waals surface area (Å²) < 4.78 is 0.808. The summed E-state index contributed by atoms with van der Waals surface area (Å²) in [6.45, 7) is 0.274. The summed E-state index contributed by atoms with van der Waals surface area (Å²) in [4.78, 5) is 8.11. The quantitative estimate of drug-likeness (QED) is 0.419. The smallest absolute Gasteiger partial charge is 0.197 e. The van der Waals surface area contributed by atoms with E-state index in [1.807, 2.05) is 6.07 Å². The van der Waals surface area contributed by atoms with Crippen molar-refractivity contribution in [2.45, 2.75) is 6.54 Å². The molecule has 0 fully saturated rings. The normalized spacial score (nSPS) is 14.8. The van der Waals surface area contributed by atoms with Crippen molar-refractivity contribution in [3.8, 4) is 0 Å². The Labute approximate surface area is 69.5 Å². The van der Waals surface area contributed by atoms with Gasteiger partial charge in [-0.2, -0.15) is 0 Å². The lowest BCUT2D eigenvalue weighted by Gasteiger charge is -2.01. The van der Waals surface area contributed by atoms with Crippen LogP contribution in [0.15, 0.2) is 23.3 Å². The first-order valence-corrected chi connectivity index (χ1v) is 3.61. The third kappa shape index (κ3) is 1.18. The van der Waals surface area contributed by atoms with Crippen molar-refractivity contribution in [2.75, 3.05) is 0 Å². The van der Waals surface area contributed by atoms with Crippen molar-refractivity contribution in [3.05, 3.63) is 29.2 Å². The topological polar surface area (TPSA) is 51.3 Å². The summed E-state index contributed by atoms with van der Waals surface area (Å²) in [6.07, 6.45) is 4.54. The molecule has 0 aromatic carbocycles. The van der Waals surface area contributed by atoms with E-state index in [0.29, 0.717) is 0 Å². The molecular formula is C8H7N3O. The van der Waals surface area contributed by atoms with Gasteiger partial charge >= 0.3 is 0 Å². The Bertz CT molecular complexity index is 357. The van der Waals surface area contributed by atoms with Gasteiger partial charge in [0.15, 0.2) is 12.8 Å². The fraction of sp³-hybridized carbons (Fsp3) is 0.125. The molecule has 0 atom stereocenters. The highest BCUT2D eigenvalue weighted by atomic mass is 16.5. The average molecular weight is 161 g/mol. The molecule has 0 amide bonds. The maximum absolute atomic E-state index is 11.0. The lowest BCUT2D eigenvalue weighted by atomic mass is 10.3. The van der Waals surface area contributed by atoms with E-state index in [-0.39, 0.29) is 6.54 Å². The minimum absolute atomic E-state index is 0.274. The van der Waals surface area contributed by atoms with Crippen LogP contribution in [0.25, 0.3) is 0 Å². The third-order valence-corrected chi connectivity index (χ3v) is 1.62. The zero-order chi connectivity index (χ0) is 8.39. The predicted molar refractivity (Wildman–Crippen MR) is 45.8 cm³/mol. The third-order valence-electron chi connectivity index (χ3n) is 1.62. The number of hydrogen-bond donors (Lipinski definition) is 0. The van der Waals surface area contributed by atoms with Gasteiger partial charge in [-0.3, -0.25) is 4.98 Å². The minimum Gasteiger partial charge on any atom is -0.623 e. The summed E-state index contributed by atoms with van der Waals surface area (Å²) in [5.74, 6) is 0. The van der Waals surface area contributed by atoms with Gasteiger partial charge in [-0.05, 0) is 12.1 Å². The van der Waals surface area contributed by atoms with Crippen molar-refractivity contribution in [1.29, 1.82) is 0 Å². The number of fused-ring (bicyclic) bond motifs is 1. The van der Waals surface area contributed by atoms with E-state index in [1.165, 1.54) is 12.4 Å². The lowest BCUT2D eigenvalue weighted by molar-refractivity contribution is -0.468. The van der Waals surface area contributed by atoms with E-state index in [4.69, 9.17) is 0 Å². The molecule has 2 rings (SSSR count). The maximum Gasteiger partial charge on any atom is 0.197 e. The van der Waals surface area contributed by atoms with Crippen LogP contribution in [0.3, 0.4) is 0 Å². The van der Waals surface area contributed by atoms with Gasteiger partial charge < -0.3 is 5.21 Å². The molecule has 1 aliphatic rings. The van der Waals surface area contributed by atoms with Crippen LogP contribution in [-0.4, -0.2) is 22.2 Å². The number of aliphatic imine (C=N–C) groups is 1. The highest BCUT2D eigenvalue weighted by molar-refractivity contribution is 6.14. The summed E-state index contributed by atoms with van der Waals surface area (Å²) >= 11 is 0. The van der Waals surface area contributed by atoms with Gasteiger partial charge in [0.1, 0.15) is 5.69 Å². The van der Waals surface area contributed by atoms with E-state index in [2.05, 4.69) is 9.98 Å². The van der Waals surface area contributed by atoms with E-state index < -0.39 is 0 Å². The van der Waals surface area contributed by atoms with E-state index in [9.17, 15) is 5.21 Å². The molecule has 0 radical (unpaired) electrons. The van der Waals surface area contributed by atoms with Crippen LogP contribution < -0.4 is 0 Å². The van der Waals surface area contributed by atoms with Crippen molar-refractivity contribution in [1.82, 2.24) is 4.98 Å². The molecule has 4 heteroatoms. The second-order valence-corrected chi connectivity index (χ2v) is 2.47. The Balaban J connectivity index is 2.49. The van der Waals surface area contributed by atoms with Crippen molar-refractivity contribution in [3.63, 3.8) is 0 Å². The second kappa shape index (κ2) is 2.73. The van der Waals surface area contributed by atoms with Gasteiger partial charge in [0.2, 0.25) is 0 Å². The number of pyridine rings is 1. The first-order valence-electron chi connectivity index (χ1n) is 3.61. The molecule has 60 valence electrons. The molecule has 0 bridgehead atoms. The maximum atomic E-state index is 11.0. The molecule has 0 N–H and O–H groups in total. The Morgan fingerprint density at radius 2 is 2.42 bits per heavy atom. The largest absolute Gasteiger partial charge is 0.623 e. The first-order chi connectivity index (χ1) is 5.86. The molecule has 1 aliphatic heterocycles. The van der Waals surface area contributed by atoms with E-state index in [1.54, 1.807) is 12.3 Å². The van der Waals surface area contributed by atoms with Gasteiger partial charge in [-0.15, -0.1) is 0 Å². The summed E-state index contributed by atoms with van der Waals surface area (Å²) in [5, 5.41) is 11.0. The van der Waals surface area contributed by atoms with Crippen LogP contribution in [0.5, 0.6) is 0 Å². The molecular weight excluding hydrogens is 154 g/mol. The van der Waals surface area contributed by atoms with Crippen LogP contribution in [0.2, 0.25) is 0 Å². The Hall–Kier alpha value is -1.71. The number of hydrogen-bond acceptors (Lipinski definition) is 3. The molecule has 4 nitrogen and oxygen atoms in total. The number of rotatable bonds is 0. The molecule has 1 aromatic heterocycles. The van der Waals surface area contributed by atoms with Gasteiger partial charge in [-0.1, -0.05) is 0 Å². The molecule has 0 spiro atoms. The Kier molecular flexibility index (Phi) is 1.59. The second-order valence-electron chi connectivity index (χ2n) is 2.47. The van der Waals surface area contributed by atoms with Gasteiger partial charge in [0, 0.05) is 6.20 Å². The van der Waals surface area contributed by atoms with Crippen LogP contribution in [0.4, 0.5) is 5.69 Å². The van der Waals surface area contributed by atoms with Crippen LogP contribution in [0.1, 0.15) is 5.69 Å². The Morgan fingerprint density at radius 3 is 3.33 bits per heavy atom. The fourth-order valence-corrected chi connectivity index (χ4v) is 1.06. The van der Waals surface area contributed by atoms with Crippen LogP contribution in [0, 0.1) is 5.21 Å². The SMILES string of the molecule is [O-][N+]1=CC=Nc2cccnc2C1. The fourth-order valence-electron chi connectivity index (χ4n) is 1.06. The van der Waals surface area contributed by atoms with Crippen molar-refractivity contribution in [2.24, 2.45) is 4.99 Å². The van der Waals surface area contributed by atoms with Gasteiger partial charge in [-0.25, -0.2) is 9.73 Å². The molecule has 2 heterocycles. The average Bonchev–Trinajstić information content (AvgIpc) is 2.25. The standard InChI is InChI=1S/C8H7N3O/c12-11-5-4-10-7-2-1-3-9-8(7)6-11/h1-5H,6H2. The first kappa shape index (κ1) is 6.97. The summed E-state index contributed by atoms with van der Waals surface area (Å²) in [7, 11) is 0. The van der Waals surface area contributed by atoms with Crippen molar-refractivity contribution >= 4 is 18.1 Å². The highest BCUT2D eigenvalue weighted by Crippen LogP contribution is 2.16. The zero-order valence-corrected chi connectivity index (χ0v) is 6.34. The lowest BCUT2D eigenvalue weighted by Crippen LogP contribution is -2.04.